The summed E-state index contributed by atoms with van der Waals surface area (Å²) in [5.74, 6) is -1.40. The highest BCUT2D eigenvalue weighted by molar-refractivity contribution is 7.89. The van der Waals surface area contributed by atoms with Gasteiger partial charge in [-0.15, -0.1) is 0 Å². The first-order chi connectivity index (χ1) is 8.83. The zero-order valence-corrected chi connectivity index (χ0v) is 11.8. The van der Waals surface area contributed by atoms with Gasteiger partial charge in [-0.2, -0.15) is 0 Å². The fourth-order valence-electron chi connectivity index (χ4n) is 1.52. The van der Waals surface area contributed by atoms with E-state index in [0.29, 0.717) is 13.0 Å². The number of carbonyl (C=O) groups is 1. The minimum Gasteiger partial charge on any atom is -0.545 e. The molecule has 0 amide bonds. The van der Waals surface area contributed by atoms with Gasteiger partial charge in [0.05, 0.1) is 31.5 Å². The molecule has 0 aliphatic heterocycles. The molecule has 1 aromatic rings. The van der Waals surface area contributed by atoms with Crippen LogP contribution in [-0.4, -0.2) is 41.6 Å². The van der Waals surface area contributed by atoms with Crippen molar-refractivity contribution in [3.05, 3.63) is 29.8 Å². The number of sulfonamides is 1. The van der Waals surface area contributed by atoms with Crippen molar-refractivity contribution >= 4 is 16.0 Å². The van der Waals surface area contributed by atoms with Gasteiger partial charge in [-0.3, -0.25) is 0 Å². The Morgan fingerprint density at radius 1 is 1.37 bits per heavy atom. The van der Waals surface area contributed by atoms with Crippen LogP contribution in [0.25, 0.3) is 0 Å². The summed E-state index contributed by atoms with van der Waals surface area (Å²) in [4.78, 5) is 11.9. The van der Waals surface area contributed by atoms with E-state index in [1.807, 2.05) is 14.1 Å². The first-order valence-electron chi connectivity index (χ1n) is 5.93. The summed E-state index contributed by atoms with van der Waals surface area (Å²) < 4.78 is 26.3. The fraction of sp³-hybridized carbons (Fsp3) is 0.417. The van der Waals surface area contributed by atoms with Crippen molar-refractivity contribution < 1.29 is 23.2 Å². The van der Waals surface area contributed by atoms with Gasteiger partial charge in [-0.1, -0.05) is 12.1 Å². The SMILES string of the molecule is C[NH+](C)CCCNS(=O)(=O)c1cccc(C(=O)[O-])c1. The average Bonchev–Trinajstić information content (AvgIpc) is 2.34. The second kappa shape index (κ2) is 6.65. The van der Waals surface area contributed by atoms with Crippen LogP contribution < -0.4 is 14.7 Å². The van der Waals surface area contributed by atoms with Crippen LogP contribution in [0.3, 0.4) is 0 Å². The number of benzene rings is 1. The van der Waals surface area contributed by atoms with Crippen molar-refractivity contribution in [3.8, 4) is 0 Å². The molecule has 0 bridgehead atoms. The van der Waals surface area contributed by atoms with Gasteiger partial charge in [-0.05, 0) is 17.7 Å². The van der Waals surface area contributed by atoms with E-state index in [0.717, 1.165) is 12.6 Å². The van der Waals surface area contributed by atoms with Crippen LogP contribution >= 0.6 is 0 Å². The average molecular weight is 286 g/mol. The summed E-state index contributed by atoms with van der Waals surface area (Å²) in [6.07, 6.45) is 0.710. The lowest BCUT2D eigenvalue weighted by Gasteiger charge is -2.10. The highest BCUT2D eigenvalue weighted by Crippen LogP contribution is 2.10. The Labute approximate surface area is 113 Å². The zero-order valence-electron chi connectivity index (χ0n) is 11.0. The van der Waals surface area contributed by atoms with Crippen molar-refractivity contribution in [2.24, 2.45) is 0 Å². The van der Waals surface area contributed by atoms with Gasteiger partial charge in [0.2, 0.25) is 10.0 Å². The van der Waals surface area contributed by atoms with Crippen molar-refractivity contribution in [1.29, 1.82) is 0 Å². The molecule has 0 unspecified atom stereocenters. The molecule has 0 saturated carbocycles. The Morgan fingerprint density at radius 3 is 2.63 bits per heavy atom. The van der Waals surface area contributed by atoms with Crippen LogP contribution in [-0.2, 0) is 10.0 Å². The van der Waals surface area contributed by atoms with E-state index in [9.17, 15) is 18.3 Å². The van der Waals surface area contributed by atoms with E-state index in [1.165, 1.54) is 23.1 Å². The molecule has 0 aliphatic rings. The third-order valence-corrected chi connectivity index (χ3v) is 3.98. The van der Waals surface area contributed by atoms with Crippen LogP contribution in [0.1, 0.15) is 16.8 Å². The largest absolute Gasteiger partial charge is 0.545 e. The van der Waals surface area contributed by atoms with Crippen LogP contribution in [0, 0.1) is 0 Å². The maximum absolute atomic E-state index is 11.9. The first kappa shape index (κ1) is 15.6. The highest BCUT2D eigenvalue weighted by atomic mass is 32.2. The molecule has 0 fully saturated rings. The predicted molar refractivity (Wildman–Crippen MR) is 68.3 cm³/mol. The number of hydrogen-bond acceptors (Lipinski definition) is 4. The number of aromatic carboxylic acids is 1. The van der Waals surface area contributed by atoms with Gasteiger partial charge in [0.25, 0.3) is 0 Å². The number of quaternary nitrogens is 1. The molecular formula is C12H18N2O4S. The molecule has 7 heteroatoms. The molecule has 19 heavy (non-hydrogen) atoms. The quantitative estimate of drug-likeness (QED) is 0.560. The van der Waals surface area contributed by atoms with E-state index in [-0.39, 0.29) is 10.5 Å². The second-order valence-electron chi connectivity index (χ2n) is 4.52. The minimum absolute atomic E-state index is 0.0635. The lowest BCUT2D eigenvalue weighted by atomic mass is 10.2. The summed E-state index contributed by atoms with van der Waals surface area (Å²) in [7, 11) is 0.303. The lowest BCUT2D eigenvalue weighted by Crippen LogP contribution is -3.05. The van der Waals surface area contributed by atoms with Gasteiger partial charge in [0.1, 0.15) is 0 Å². The Bertz CT molecular complexity index is 540. The normalized spacial score (nSPS) is 11.7. The van der Waals surface area contributed by atoms with Gasteiger partial charge >= 0.3 is 0 Å². The third kappa shape index (κ3) is 4.98. The summed E-state index contributed by atoms with van der Waals surface area (Å²) in [5, 5.41) is 10.7. The summed E-state index contributed by atoms with van der Waals surface area (Å²) in [5.41, 5.74) is -0.152. The maximum Gasteiger partial charge on any atom is 0.240 e. The Kier molecular flexibility index (Phi) is 5.46. The van der Waals surface area contributed by atoms with Gasteiger partial charge in [0, 0.05) is 13.0 Å². The van der Waals surface area contributed by atoms with Crippen LogP contribution in [0.2, 0.25) is 0 Å². The molecule has 0 spiro atoms. The monoisotopic (exact) mass is 286 g/mol. The molecule has 0 aromatic heterocycles. The van der Waals surface area contributed by atoms with Crippen molar-refractivity contribution in [2.45, 2.75) is 11.3 Å². The topological polar surface area (TPSA) is 90.7 Å². The van der Waals surface area contributed by atoms with Crippen molar-refractivity contribution in [2.75, 3.05) is 27.2 Å². The van der Waals surface area contributed by atoms with E-state index in [2.05, 4.69) is 4.72 Å². The predicted octanol–water partition coefficient (Wildman–Crippen LogP) is -2.14. The van der Waals surface area contributed by atoms with Crippen molar-refractivity contribution in [1.82, 2.24) is 4.72 Å². The minimum atomic E-state index is -3.66. The molecule has 0 saturated heterocycles. The molecular weight excluding hydrogens is 268 g/mol. The highest BCUT2D eigenvalue weighted by Gasteiger charge is 2.14. The van der Waals surface area contributed by atoms with E-state index in [4.69, 9.17) is 0 Å². The Balaban J connectivity index is 2.72. The molecule has 0 atom stereocenters. The Hall–Kier alpha value is -1.44. The maximum atomic E-state index is 11.9. The summed E-state index contributed by atoms with van der Waals surface area (Å²) in [6.45, 7) is 1.17. The Morgan fingerprint density at radius 2 is 2.05 bits per heavy atom. The van der Waals surface area contributed by atoms with Gasteiger partial charge in [-0.25, -0.2) is 13.1 Å². The summed E-state index contributed by atoms with van der Waals surface area (Å²) >= 11 is 0. The number of rotatable bonds is 7. The van der Waals surface area contributed by atoms with E-state index < -0.39 is 16.0 Å². The molecule has 106 valence electrons. The number of hydrogen-bond donors (Lipinski definition) is 2. The molecule has 0 radical (unpaired) electrons. The molecule has 1 rings (SSSR count). The van der Waals surface area contributed by atoms with Crippen LogP contribution in [0.5, 0.6) is 0 Å². The number of carboxylic acid groups (broad SMARTS) is 1. The lowest BCUT2D eigenvalue weighted by molar-refractivity contribution is -0.858. The van der Waals surface area contributed by atoms with Gasteiger partial charge in [0.15, 0.2) is 0 Å². The summed E-state index contributed by atoms with van der Waals surface area (Å²) in [6, 6.07) is 5.12. The van der Waals surface area contributed by atoms with Crippen LogP contribution in [0.15, 0.2) is 29.2 Å². The van der Waals surface area contributed by atoms with E-state index >= 15 is 0 Å². The third-order valence-electron chi connectivity index (χ3n) is 2.53. The number of carboxylic acids is 1. The standard InChI is InChI=1S/C12H18N2O4S/c1-14(2)8-4-7-13-19(17,18)11-6-3-5-10(9-11)12(15)16/h3,5-6,9,13H,4,7-8H2,1-2H3,(H,15,16). The second-order valence-corrected chi connectivity index (χ2v) is 6.29. The van der Waals surface area contributed by atoms with Crippen LogP contribution in [0.4, 0.5) is 0 Å². The van der Waals surface area contributed by atoms with Crippen molar-refractivity contribution in [3.63, 3.8) is 0 Å². The zero-order chi connectivity index (χ0) is 14.5. The molecule has 1 aromatic carbocycles. The number of nitrogens with one attached hydrogen (secondary N) is 2. The van der Waals surface area contributed by atoms with Gasteiger partial charge < -0.3 is 14.8 Å². The molecule has 6 nitrogen and oxygen atoms in total. The smallest absolute Gasteiger partial charge is 0.240 e. The van der Waals surface area contributed by atoms with E-state index in [1.54, 1.807) is 0 Å². The molecule has 0 heterocycles. The number of carbonyl (C=O) groups excluding carboxylic acids is 1. The fourth-order valence-corrected chi connectivity index (χ4v) is 2.64. The first-order valence-corrected chi connectivity index (χ1v) is 7.41. The molecule has 2 N–H and O–H groups in total. The molecule has 0 aliphatic carbocycles.